The fourth-order valence-corrected chi connectivity index (χ4v) is 1.47. The van der Waals surface area contributed by atoms with E-state index in [2.05, 4.69) is 15.0 Å². The molecule has 0 bridgehead atoms. The van der Waals surface area contributed by atoms with Gasteiger partial charge in [-0.05, 0) is 0 Å². The van der Waals surface area contributed by atoms with Crippen LogP contribution in [0.2, 0.25) is 0 Å². The average Bonchev–Trinajstić information content (AvgIpc) is 2.56. The molecule has 3 rings (SSSR count). The lowest BCUT2D eigenvalue weighted by atomic mass is 10.4. The van der Waals surface area contributed by atoms with Crippen molar-refractivity contribution in [1.29, 1.82) is 0 Å². The van der Waals surface area contributed by atoms with Gasteiger partial charge >= 0.3 is 0 Å². The molecule has 3 heterocycles. The smallest absolute Gasteiger partial charge is 0.116 e. The molecule has 0 saturated carbocycles. The summed E-state index contributed by atoms with van der Waals surface area (Å²) >= 11 is 0. The van der Waals surface area contributed by atoms with Crippen molar-refractivity contribution >= 4 is 16.4 Å². The fourth-order valence-electron chi connectivity index (χ4n) is 1.47. The van der Waals surface area contributed by atoms with Crippen molar-refractivity contribution in [2.75, 3.05) is 0 Å². The topological polar surface area (TPSA) is 43.1 Å². The Morgan fingerprint density at radius 3 is 3.15 bits per heavy atom. The maximum absolute atomic E-state index is 4.20. The third kappa shape index (κ3) is 0.823. The van der Waals surface area contributed by atoms with Gasteiger partial charge in [0.05, 0.1) is 11.7 Å². The van der Waals surface area contributed by atoms with Gasteiger partial charge in [-0.25, -0.2) is 9.97 Å². The lowest BCUT2D eigenvalue weighted by molar-refractivity contribution is 1.14. The minimum absolute atomic E-state index is 0.947. The van der Waals surface area contributed by atoms with Crippen LogP contribution in [-0.4, -0.2) is 19.4 Å². The molecule has 3 aromatic heterocycles. The summed E-state index contributed by atoms with van der Waals surface area (Å²) in [4.78, 5) is 12.2. The molecule has 0 atom stereocenters. The van der Waals surface area contributed by atoms with E-state index < -0.39 is 0 Å². The second-order valence-electron chi connectivity index (χ2n) is 2.82. The van der Waals surface area contributed by atoms with Gasteiger partial charge in [0.2, 0.25) is 0 Å². The van der Waals surface area contributed by atoms with E-state index in [0.29, 0.717) is 0 Å². The van der Waals surface area contributed by atoms with Crippen LogP contribution in [-0.2, 0) is 0 Å². The molecule has 0 amide bonds. The summed E-state index contributed by atoms with van der Waals surface area (Å²) in [6, 6.07) is 0. The predicted molar refractivity (Wildman–Crippen MR) is 48.3 cm³/mol. The summed E-state index contributed by atoms with van der Waals surface area (Å²) in [6.07, 6.45) is 10.8. The van der Waals surface area contributed by atoms with Crippen LogP contribution < -0.4 is 0 Å². The maximum atomic E-state index is 4.20. The highest BCUT2D eigenvalue weighted by Crippen LogP contribution is 2.16. The van der Waals surface area contributed by atoms with Gasteiger partial charge in [0.15, 0.2) is 0 Å². The van der Waals surface area contributed by atoms with Gasteiger partial charge in [0.25, 0.3) is 0 Å². The molecule has 0 spiro atoms. The highest BCUT2D eigenvalue weighted by molar-refractivity contribution is 5.92. The highest BCUT2D eigenvalue weighted by Gasteiger charge is 2.01. The summed E-state index contributed by atoms with van der Waals surface area (Å²) in [5.41, 5.74) is 1.96. The number of hydrogen-bond donors (Lipinski definition) is 0. The molecule has 0 aliphatic rings. The summed E-state index contributed by atoms with van der Waals surface area (Å²) < 4.78 is 1.99. The summed E-state index contributed by atoms with van der Waals surface area (Å²) in [6.45, 7) is 0. The van der Waals surface area contributed by atoms with Crippen LogP contribution >= 0.6 is 0 Å². The van der Waals surface area contributed by atoms with Crippen LogP contribution in [0.25, 0.3) is 16.4 Å². The molecule has 0 radical (unpaired) electrons. The van der Waals surface area contributed by atoms with Crippen molar-refractivity contribution in [2.45, 2.75) is 0 Å². The van der Waals surface area contributed by atoms with Gasteiger partial charge in [0.1, 0.15) is 11.8 Å². The Balaban J connectivity index is 2.64. The van der Waals surface area contributed by atoms with E-state index >= 15 is 0 Å². The zero-order valence-electron chi connectivity index (χ0n) is 6.75. The summed E-state index contributed by atoms with van der Waals surface area (Å²) in [5, 5.41) is 1.04. The van der Waals surface area contributed by atoms with Crippen molar-refractivity contribution in [3.8, 4) is 0 Å². The summed E-state index contributed by atoms with van der Waals surface area (Å²) in [7, 11) is 0. The van der Waals surface area contributed by atoms with Crippen molar-refractivity contribution in [2.24, 2.45) is 0 Å². The Bertz CT molecular complexity index is 519. The van der Waals surface area contributed by atoms with Gasteiger partial charge in [-0.1, -0.05) is 0 Å². The molecule has 0 unspecified atom stereocenters. The first-order valence-corrected chi connectivity index (χ1v) is 3.95. The molecule has 0 aromatic carbocycles. The van der Waals surface area contributed by atoms with Crippen LogP contribution in [0.1, 0.15) is 0 Å². The van der Waals surface area contributed by atoms with E-state index in [1.54, 1.807) is 24.9 Å². The molecular weight excluding hydrogens is 164 g/mol. The Kier molecular flexibility index (Phi) is 1.14. The van der Waals surface area contributed by atoms with E-state index in [1.807, 2.05) is 16.8 Å². The molecule has 4 nitrogen and oxygen atoms in total. The van der Waals surface area contributed by atoms with Crippen LogP contribution in [0.5, 0.6) is 0 Å². The first kappa shape index (κ1) is 6.54. The van der Waals surface area contributed by atoms with Crippen LogP contribution in [0.15, 0.2) is 37.3 Å². The average molecular weight is 170 g/mol. The number of nitrogens with zero attached hydrogens (tertiary/aromatic N) is 4. The molecule has 13 heavy (non-hydrogen) atoms. The molecular formula is C9H6N4. The second kappa shape index (κ2) is 2.26. The molecule has 0 fully saturated rings. The van der Waals surface area contributed by atoms with Gasteiger partial charge in [-0.15, -0.1) is 0 Å². The van der Waals surface area contributed by atoms with Crippen LogP contribution in [0, 0.1) is 0 Å². The maximum Gasteiger partial charge on any atom is 0.116 e. The van der Waals surface area contributed by atoms with Gasteiger partial charge in [-0.2, -0.15) is 0 Å². The van der Waals surface area contributed by atoms with Crippen molar-refractivity contribution in [3.63, 3.8) is 0 Å². The molecule has 0 aliphatic heterocycles. The third-order valence-corrected chi connectivity index (χ3v) is 2.05. The van der Waals surface area contributed by atoms with Crippen LogP contribution in [0.3, 0.4) is 0 Å². The minimum atomic E-state index is 0.947. The highest BCUT2D eigenvalue weighted by atomic mass is 14.9. The Morgan fingerprint density at radius 1 is 1.15 bits per heavy atom. The van der Waals surface area contributed by atoms with Gasteiger partial charge < -0.3 is 4.40 Å². The molecule has 62 valence electrons. The standard InChI is InChI=1S/C9H6N4/c1-2-13-5-7-3-11-6-12-9(7)8(13)4-10-1/h1-6H. The van der Waals surface area contributed by atoms with E-state index in [4.69, 9.17) is 0 Å². The molecule has 0 saturated heterocycles. The van der Waals surface area contributed by atoms with E-state index in [1.165, 1.54) is 0 Å². The Hall–Kier alpha value is -1.97. The fraction of sp³-hybridized carbons (Fsp3) is 0. The lowest BCUT2D eigenvalue weighted by Crippen LogP contribution is -1.81. The Morgan fingerprint density at radius 2 is 2.15 bits per heavy atom. The number of aromatic nitrogens is 4. The SMILES string of the molecule is c1cn2cc3cncnc3c2cn1. The second-order valence-corrected chi connectivity index (χ2v) is 2.82. The summed E-state index contributed by atoms with van der Waals surface area (Å²) in [5.74, 6) is 0. The first-order valence-electron chi connectivity index (χ1n) is 3.95. The number of rotatable bonds is 0. The van der Waals surface area contributed by atoms with Gasteiger partial charge in [0, 0.05) is 30.2 Å². The molecule has 4 heteroatoms. The van der Waals surface area contributed by atoms with Crippen molar-refractivity contribution in [1.82, 2.24) is 19.4 Å². The largest absolute Gasteiger partial charge is 0.318 e. The predicted octanol–water partition coefficient (Wildman–Crippen LogP) is 1.28. The molecule has 0 N–H and O–H groups in total. The quantitative estimate of drug-likeness (QED) is 0.510. The Labute approximate surface area is 73.9 Å². The van der Waals surface area contributed by atoms with E-state index in [-0.39, 0.29) is 0 Å². The normalized spacial score (nSPS) is 11.1. The number of fused-ring (bicyclic) bond motifs is 3. The monoisotopic (exact) mass is 170 g/mol. The van der Waals surface area contributed by atoms with Gasteiger partial charge in [-0.3, -0.25) is 4.98 Å². The first-order chi connectivity index (χ1) is 6.45. The molecule has 3 aromatic rings. The van der Waals surface area contributed by atoms with Crippen LogP contribution in [0.4, 0.5) is 0 Å². The third-order valence-electron chi connectivity index (χ3n) is 2.05. The molecule has 0 aliphatic carbocycles. The minimum Gasteiger partial charge on any atom is -0.318 e. The zero-order valence-corrected chi connectivity index (χ0v) is 6.75. The van der Waals surface area contributed by atoms with E-state index in [9.17, 15) is 0 Å². The van der Waals surface area contributed by atoms with Crippen molar-refractivity contribution in [3.05, 3.63) is 37.3 Å². The van der Waals surface area contributed by atoms with Crippen molar-refractivity contribution < 1.29 is 0 Å². The van der Waals surface area contributed by atoms with E-state index in [0.717, 1.165) is 16.4 Å². The number of hydrogen-bond acceptors (Lipinski definition) is 3. The lowest BCUT2D eigenvalue weighted by Gasteiger charge is -1.89. The zero-order chi connectivity index (χ0) is 8.67.